The Morgan fingerprint density at radius 2 is 1.96 bits per heavy atom. The van der Waals surface area contributed by atoms with Crippen LogP contribution in [0.3, 0.4) is 0 Å². The minimum Gasteiger partial charge on any atom is -0.486 e. The van der Waals surface area contributed by atoms with Crippen LogP contribution in [0.25, 0.3) is 0 Å². The quantitative estimate of drug-likeness (QED) is 0.891. The number of fused-ring (bicyclic) bond motifs is 2. The molecule has 0 spiro atoms. The average Bonchev–Trinajstić information content (AvgIpc) is 2.67. The minimum absolute atomic E-state index is 0.0370. The SMILES string of the molecule is CN(C)c1nc2c(c(N(C)C[C@H]3COc4ccccc4O3)n1)CCNC2. The number of likely N-dealkylation sites (N-methyl/N-ethyl adjacent to an activating group) is 1. The molecule has 2 aliphatic rings. The maximum Gasteiger partial charge on any atom is 0.227 e. The van der Waals surface area contributed by atoms with Gasteiger partial charge in [-0.1, -0.05) is 12.1 Å². The minimum atomic E-state index is -0.0370. The molecule has 0 bridgehead atoms. The number of benzene rings is 1. The monoisotopic (exact) mass is 355 g/mol. The second kappa shape index (κ2) is 6.99. The first-order valence-electron chi connectivity index (χ1n) is 8.99. The second-order valence-corrected chi connectivity index (χ2v) is 6.97. The van der Waals surface area contributed by atoms with Gasteiger partial charge in [-0.15, -0.1) is 0 Å². The van der Waals surface area contributed by atoms with E-state index in [1.54, 1.807) is 0 Å². The van der Waals surface area contributed by atoms with Gasteiger partial charge in [0.25, 0.3) is 0 Å². The van der Waals surface area contributed by atoms with Gasteiger partial charge in [0.05, 0.1) is 12.2 Å². The van der Waals surface area contributed by atoms with E-state index in [0.29, 0.717) is 13.2 Å². The van der Waals surface area contributed by atoms with Crippen molar-refractivity contribution in [3.05, 3.63) is 35.5 Å². The van der Waals surface area contributed by atoms with E-state index in [9.17, 15) is 0 Å². The molecule has 1 N–H and O–H groups in total. The Morgan fingerprint density at radius 3 is 2.77 bits per heavy atom. The average molecular weight is 355 g/mol. The number of hydrogen-bond acceptors (Lipinski definition) is 7. The Kier molecular flexibility index (Phi) is 4.55. The molecule has 4 rings (SSSR count). The van der Waals surface area contributed by atoms with Gasteiger partial charge < -0.3 is 24.6 Å². The molecule has 1 atom stereocenters. The summed E-state index contributed by atoms with van der Waals surface area (Å²) >= 11 is 0. The van der Waals surface area contributed by atoms with Crippen molar-refractivity contribution in [2.24, 2.45) is 0 Å². The van der Waals surface area contributed by atoms with Crippen molar-refractivity contribution in [1.29, 1.82) is 0 Å². The summed E-state index contributed by atoms with van der Waals surface area (Å²) in [5.41, 5.74) is 2.32. The summed E-state index contributed by atoms with van der Waals surface area (Å²) in [4.78, 5) is 13.6. The molecule has 1 aromatic carbocycles. The number of para-hydroxylation sites is 2. The smallest absolute Gasteiger partial charge is 0.227 e. The molecule has 1 aromatic heterocycles. The Morgan fingerprint density at radius 1 is 1.15 bits per heavy atom. The molecule has 0 saturated carbocycles. The highest BCUT2D eigenvalue weighted by molar-refractivity contribution is 5.54. The Balaban J connectivity index is 1.56. The van der Waals surface area contributed by atoms with Gasteiger partial charge in [0.2, 0.25) is 5.95 Å². The summed E-state index contributed by atoms with van der Waals surface area (Å²) in [6, 6.07) is 7.81. The number of anilines is 2. The topological polar surface area (TPSA) is 62.8 Å². The third-order valence-corrected chi connectivity index (χ3v) is 4.71. The highest BCUT2D eigenvalue weighted by atomic mass is 16.6. The first-order valence-corrected chi connectivity index (χ1v) is 8.99. The zero-order valence-electron chi connectivity index (χ0n) is 15.5. The fourth-order valence-electron chi connectivity index (χ4n) is 3.39. The third kappa shape index (κ3) is 3.26. The number of aromatic nitrogens is 2. The Bertz CT molecular complexity index is 795. The largest absolute Gasteiger partial charge is 0.486 e. The molecule has 7 nitrogen and oxygen atoms in total. The third-order valence-electron chi connectivity index (χ3n) is 4.71. The summed E-state index contributed by atoms with van der Waals surface area (Å²) in [6.45, 7) is 2.99. The fourth-order valence-corrected chi connectivity index (χ4v) is 3.39. The van der Waals surface area contributed by atoms with Crippen molar-refractivity contribution >= 4 is 11.8 Å². The highest BCUT2D eigenvalue weighted by Gasteiger charge is 2.25. The van der Waals surface area contributed by atoms with Gasteiger partial charge in [-0.05, 0) is 25.1 Å². The second-order valence-electron chi connectivity index (χ2n) is 6.97. The number of hydrogen-bond donors (Lipinski definition) is 1. The first-order chi connectivity index (χ1) is 12.6. The van der Waals surface area contributed by atoms with Crippen LogP contribution in [-0.4, -0.2) is 56.9 Å². The first kappa shape index (κ1) is 16.9. The molecule has 2 aliphatic heterocycles. The van der Waals surface area contributed by atoms with E-state index < -0.39 is 0 Å². The zero-order valence-corrected chi connectivity index (χ0v) is 15.5. The van der Waals surface area contributed by atoms with Crippen LogP contribution >= 0.6 is 0 Å². The Hall–Kier alpha value is -2.54. The predicted molar refractivity (Wildman–Crippen MR) is 101 cm³/mol. The molecule has 0 unspecified atom stereocenters. The molecule has 0 amide bonds. The van der Waals surface area contributed by atoms with Crippen LogP contribution in [0.2, 0.25) is 0 Å². The molecule has 138 valence electrons. The number of nitrogens with zero attached hydrogens (tertiary/aromatic N) is 4. The standard InChI is InChI=1S/C19H25N5O2/c1-23(2)19-21-15-10-20-9-8-14(15)18(22-19)24(3)11-13-12-25-16-6-4-5-7-17(16)26-13/h4-7,13,20H,8-12H2,1-3H3/t13-/m0/s1. The molecule has 2 aromatic rings. The van der Waals surface area contributed by atoms with Crippen LogP contribution < -0.4 is 24.6 Å². The zero-order chi connectivity index (χ0) is 18.1. The van der Waals surface area contributed by atoms with E-state index >= 15 is 0 Å². The predicted octanol–water partition coefficient (Wildman–Crippen LogP) is 1.46. The normalized spacial score (nSPS) is 18.2. The molecule has 0 saturated heterocycles. The maximum atomic E-state index is 6.11. The van der Waals surface area contributed by atoms with Crippen molar-refractivity contribution < 1.29 is 9.47 Å². The molecule has 0 radical (unpaired) electrons. The lowest BCUT2D eigenvalue weighted by Gasteiger charge is -2.32. The molecule has 0 fully saturated rings. The van der Waals surface area contributed by atoms with Gasteiger partial charge in [-0.25, -0.2) is 4.98 Å². The van der Waals surface area contributed by atoms with E-state index in [1.807, 2.05) is 43.3 Å². The van der Waals surface area contributed by atoms with E-state index in [0.717, 1.165) is 48.5 Å². The van der Waals surface area contributed by atoms with Gasteiger partial charge in [0.1, 0.15) is 12.4 Å². The summed E-state index contributed by atoms with van der Waals surface area (Å²) in [6.07, 6.45) is 0.901. The van der Waals surface area contributed by atoms with Crippen LogP contribution in [0.4, 0.5) is 11.8 Å². The van der Waals surface area contributed by atoms with Gasteiger partial charge in [-0.2, -0.15) is 4.98 Å². The summed E-state index contributed by atoms with van der Waals surface area (Å²) in [7, 11) is 6.00. The van der Waals surface area contributed by atoms with Gasteiger partial charge in [0.15, 0.2) is 17.6 Å². The lowest BCUT2D eigenvalue weighted by Crippen LogP contribution is -2.40. The van der Waals surface area contributed by atoms with Crippen LogP contribution in [0.15, 0.2) is 24.3 Å². The lowest BCUT2D eigenvalue weighted by atomic mass is 10.1. The van der Waals surface area contributed by atoms with E-state index in [2.05, 4.69) is 17.3 Å². The molecule has 26 heavy (non-hydrogen) atoms. The van der Waals surface area contributed by atoms with E-state index in [-0.39, 0.29) is 6.10 Å². The number of ether oxygens (including phenoxy) is 2. The van der Waals surface area contributed by atoms with E-state index in [1.165, 1.54) is 5.56 Å². The molecular formula is C19H25N5O2. The van der Waals surface area contributed by atoms with Crippen molar-refractivity contribution in [3.63, 3.8) is 0 Å². The summed E-state index contributed by atoms with van der Waals surface area (Å²) < 4.78 is 12.0. The van der Waals surface area contributed by atoms with Crippen LogP contribution in [0.5, 0.6) is 11.5 Å². The Labute approximate surface area is 153 Å². The van der Waals surface area contributed by atoms with Gasteiger partial charge in [0, 0.05) is 33.3 Å². The molecule has 0 aliphatic carbocycles. The summed E-state index contributed by atoms with van der Waals surface area (Å²) in [5.74, 6) is 3.34. The maximum absolute atomic E-state index is 6.11. The van der Waals surface area contributed by atoms with Crippen LogP contribution in [-0.2, 0) is 13.0 Å². The number of rotatable bonds is 4. The van der Waals surface area contributed by atoms with Crippen molar-refractivity contribution in [2.45, 2.75) is 19.1 Å². The van der Waals surface area contributed by atoms with Crippen molar-refractivity contribution in [2.75, 3.05) is 50.6 Å². The summed E-state index contributed by atoms with van der Waals surface area (Å²) in [5, 5.41) is 3.39. The van der Waals surface area contributed by atoms with Crippen LogP contribution in [0.1, 0.15) is 11.3 Å². The van der Waals surface area contributed by atoms with Gasteiger partial charge in [-0.3, -0.25) is 0 Å². The number of nitrogens with one attached hydrogen (secondary N) is 1. The van der Waals surface area contributed by atoms with Crippen molar-refractivity contribution in [3.8, 4) is 11.5 Å². The lowest BCUT2D eigenvalue weighted by molar-refractivity contribution is 0.0959. The molecular weight excluding hydrogens is 330 g/mol. The van der Waals surface area contributed by atoms with Crippen LogP contribution in [0, 0.1) is 0 Å². The van der Waals surface area contributed by atoms with E-state index in [4.69, 9.17) is 19.4 Å². The van der Waals surface area contributed by atoms with Crippen molar-refractivity contribution in [1.82, 2.24) is 15.3 Å². The van der Waals surface area contributed by atoms with Gasteiger partial charge >= 0.3 is 0 Å². The highest BCUT2D eigenvalue weighted by Crippen LogP contribution is 2.32. The molecule has 7 heteroatoms. The molecule has 3 heterocycles. The fraction of sp³-hybridized carbons (Fsp3) is 0.474.